The molecule has 4 rings (SSSR count). The second kappa shape index (κ2) is 7.52. The molecule has 0 unspecified atom stereocenters. The molecule has 1 aromatic heterocycles. The molecular weight excluding hydrogens is 344 g/mol. The van der Waals surface area contributed by atoms with Gasteiger partial charge in [0.2, 0.25) is 0 Å². The van der Waals surface area contributed by atoms with Crippen molar-refractivity contribution in [1.29, 1.82) is 0 Å². The third-order valence-electron chi connectivity index (χ3n) is 5.28. The second-order valence-electron chi connectivity index (χ2n) is 7.00. The van der Waals surface area contributed by atoms with Crippen molar-refractivity contribution in [3.05, 3.63) is 35.9 Å². The summed E-state index contributed by atoms with van der Waals surface area (Å²) in [5.74, 6) is 0.114. The van der Waals surface area contributed by atoms with Gasteiger partial charge in [0.05, 0.1) is 18.7 Å². The van der Waals surface area contributed by atoms with Gasteiger partial charge in [0.15, 0.2) is 0 Å². The molecule has 2 aliphatic heterocycles. The Morgan fingerprint density at radius 3 is 2.26 bits per heavy atom. The average Bonchev–Trinajstić information content (AvgIpc) is 2.73. The number of anilines is 1. The number of rotatable bonds is 1. The first-order valence-electron chi connectivity index (χ1n) is 9.41. The number of hydrogen-bond donors (Lipinski definition) is 0. The van der Waals surface area contributed by atoms with Crippen molar-refractivity contribution in [3.8, 4) is 0 Å². The fourth-order valence-corrected chi connectivity index (χ4v) is 3.67. The zero-order valence-electron chi connectivity index (χ0n) is 15.6. The number of piperazine rings is 1. The smallest absolute Gasteiger partial charge is 0.312 e. The zero-order valence-corrected chi connectivity index (χ0v) is 15.6. The second-order valence-corrected chi connectivity index (χ2v) is 7.00. The van der Waals surface area contributed by atoms with Gasteiger partial charge in [-0.05, 0) is 24.6 Å². The third-order valence-corrected chi connectivity index (χ3v) is 5.28. The monoisotopic (exact) mass is 368 g/mol. The molecular formula is C20H24N4O3. The topological polar surface area (TPSA) is 66.0 Å². The van der Waals surface area contributed by atoms with E-state index >= 15 is 0 Å². The quantitative estimate of drug-likeness (QED) is 0.704. The number of aryl methyl sites for hydroxylation is 1. The maximum absolute atomic E-state index is 12.5. The highest BCUT2D eigenvalue weighted by Gasteiger charge is 2.30. The van der Waals surface area contributed by atoms with E-state index in [1.807, 2.05) is 18.2 Å². The van der Waals surface area contributed by atoms with Crippen molar-refractivity contribution in [1.82, 2.24) is 14.8 Å². The summed E-state index contributed by atoms with van der Waals surface area (Å²) in [6.07, 6.45) is 0. The summed E-state index contributed by atoms with van der Waals surface area (Å²) in [6.45, 7) is 6.48. The first-order chi connectivity index (χ1) is 13.1. The Morgan fingerprint density at radius 2 is 1.56 bits per heavy atom. The van der Waals surface area contributed by atoms with Crippen molar-refractivity contribution < 1.29 is 14.3 Å². The van der Waals surface area contributed by atoms with E-state index in [4.69, 9.17) is 9.72 Å². The molecule has 2 amide bonds. The Kier molecular flexibility index (Phi) is 4.94. The number of hydrogen-bond acceptors (Lipinski definition) is 5. The van der Waals surface area contributed by atoms with Gasteiger partial charge in [0, 0.05) is 44.7 Å². The van der Waals surface area contributed by atoms with Crippen molar-refractivity contribution in [2.45, 2.75) is 6.92 Å². The maximum Gasteiger partial charge on any atom is 0.312 e. The molecule has 2 aromatic rings. The van der Waals surface area contributed by atoms with Gasteiger partial charge in [0.25, 0.3) is 0 Å². The highest BCUT2D eigenvalue weighted by atomic mass is 16.5. The average molecular weight is 368 g/mol. The lowest BCUT2D eigenvalue weighted by atomic mass is 10.1. The van der Waals surface area contributed by atoms with Crippen LogP contribution in [0.3, 0.4) is 0 Å². The van der Waals surface area contributed by atoms with Gasteiger partial charge in [-0.3, -0.25) is 9.59 Å². The zero-order chi connectivity index (χ0) is 18.8. The van der Waals surface area contributed by atoms with Crippen LogP contribution in [0.4, 0.5) is 5.82 Å². The van der Waals surface area contributed by atoms with Gasteiger partial charge in [-0.25, -0.2) is 4.98 Å². The highest BCUT2D eigenvalue weighted by Crippen LogP contribution is 2.23. The number of nitrogens with zero attached hydrogens (tertiary/aromatic N) is 4. The molecule has 0 aliphatic carbocycles. The molecule has 0 atom stereocenters. The minimum absolute atomic E-state index is 0.404. The molecule has 2 aliphatic rings. The standard InChI is InChI=1S/C20H24N4O3/c1-15-14-18(21-17-5-3-2-4-16(15)17)22-6-8-23(9-7-22)19(25)20(26)24-10-12-27-13-11-24/h2-5,14H,6-13H2,1H3. The van der Waals surface area contributed by atoms with Crippen LogP contribution in [0.5, 0.6) is 0 Å². The molecule has 3 heterocycles. The van der Waals surface area contributed by atoms with Crippen molar-refractivity contribution in [3.63, 3.8) is 0 Å². The van der Waals surface area contributed by atoms with E-state index in [1.165, 1.54) is 5.56 Å². The summed E-state index contributed by atoms with van der Waals surface area (Å²) in [6, 6.07) is 10.2. The van der Waals surface area contributed by atoms with Crippen molar-refractivity contribution >= 4 is 28.5 Å². The predicted octanol–water partition coefficient (Wildman–Crippen LogP) is 1.05. The van der Waals surface area contributed by atoms with Crippen LogP contribution in [-0.2, 0) is 14.3 Å². The Labute approximate surface area is 158 Å². The minimum atomic E-state index is -0.411. The Hall–Kier alpha value is -2.67. The fraction of sp³-hybridized carbons (Fsp3) is 0.450. The van der Waals surface area contributed by atoms with Gasteiger partial charge in [0.1, 0.15) is 5.82 Å². The van der Waals surface area contributed by atoms with Crippen LogP contribution in [0, 0.1) is 6.92 Å². The van der Waals surface area contributed by atoms with Crippen LogP contribution in [0.2, 0.25) is 0 Å². The van der Waals surface area contributed by atoms with E-state index in [1.54, 1.807) is 9.80 Å². The minimum Gasteiger partial charge on any atom is -0.378 e. The van der Waals surface area contributed by atoms with Gasteiger partial charge in [-0.15, -0.1) is 0 Å². The summed E-state index contributed by atoms with van der Waals surface area (Å²) >= 11 is 0. The van der Waals surface area contributed by atoms with Crippen molar-refractivity contribution in [2.24, 2.45) is 0 Å². The largest absolute Gasteiger partial charge is 0.378 e. The number of amides is 2. The van der Waals surface area contributed by atoms with Crippen molar-refractivity contribution in [2.75, 3.05) is 57.4 Å². The molecule has 0 spiro atoms. The lowest BCUT2D eigenvalue weighted by Gasteiger charge is -2.36. The van der Waals surface area contributed by atoms with Crippen LogP contribution in [0.1, 0.15) is 5.56 Å². The number of carbonyl (C=O) groups is 2. The molecule has 2 saturated heterocycles. The summed E-state index contributed by atoms with van der Waals surface area (Å²) in [5.41, 5.74) is 2.17. The highest BCUT2D eigenvalue weighted by molar-refractivity contribution is 6.34. The first kappa shape index (κ1) is 17.7. The molecule has 0 N–H and O–H groups in total. The van der Waals surface area contributed by atoms with Crippen LogP contribution in [0.25, 0.3) is 10.9 Å². The summed E-state index contributed by atoms with van der Waals surface area (Å²) in [4.78, 5) is 35.1. The molecule has 7 nitrogen and oxygen atoms in total. The third kappa shape index (κ3) is 3.60. The SMILES string of the molecule is Cc1cc(N2CCN(C(=O)C(=O)N3CCOCC3)CC2)nc2ccccc12. The van der Waals surface area contributed by atoms with Crippen LogP contribution >= 0.6 is 0 Å². The molecule has 27 heavy (non-hydrogen) atoms. The predicted molar refractivity (Wildman–Crippen MR) is 103 cm³/mol. The lowest BCUT2D eigenvalue weighted by molar-refractivity contribution is -0.154. The summed E-state index contributed by atoms with van der Waals surface area (Å²) in [7, 11) is 0. The number of ether oxygens (including phenoxy) is 1. The lowest BCUT2D eigenvalue weighted by Crippen LogP contribution is -2.54. The molecule has 0 bridgehead atoms. The molecule has 1 aromatic carbocycles. The summed E-state index contributed by atoms with van der Waals surface area (Å²) < 4.78 is 5.25. The molecule has 7 heteroatoms. The number of pyridine rings is 1. The van der Waals surface area contributed by atoms with E-state index in [0.29, 0.717) is 52.5 Å². The van der Waals surface area contributed by atoms with Crippen LogP contribution in [-0.4, -0.2) is 79.1 Å². The number of morpholine rings is 1. The molecule has 142 valence electrons. The van der Waals surface area contributed by atoms with E-state index in [-0.39, 0.29) is 0 Å². The number of fused-ring (bicyclic) bond motifs is 1. The van der Waals surface area contributed by atoms with E-state index < -0.39 is 11.8 Å². The summed E-state index contributed by atoms with van der Waals surface area (Å²) in [5, 5.41) is 1.16. The Balaban J connectivity index is 1.41. The number of aromatic nitrogens is 1. The number of carbonyl (C=O) groups excluding carboxylic acids is 2. The fourth-order valence-electron chi connectivity index (χ4n) is 3.67. The van der Waals surface area contributed by atoms with Gasteiger partial charge in [-0.1, -0.05) is 18.2 Å². The molecule has 2 fully saturated rings. The van der Waals surface area contributed by atoms with E-state index in [2.05, 4.69) is 24.0 Å². The van der Waals surface area contributed by atoms with Gasteiger partial charge < -0.3 is 19.4 Å². The van der Waals surface area contributed by atoms with E-state index in [9.17, 15) is 9.59 Å². The Bertz CT molecular complexity index is 855. The van der Waals surface area contributed by atoms with E-state index in [0.717, 1.165) is 16.7 Å². The first-order valence-corrected chi connectivity index (χ1v) is 9.41. The van der Waals surface area contributed by atoms with Crippen LogP contribution < -0.4 is 4.90 Å². The molecule has 0 saturated carbocycles. The van der Waals surface area contributed by atoms with Gasteiger partial charge in [-0.2, -0.15) is 0 Å². The molecule has 0 radical (unpaired) electrons. The number of para-hydroxylation sites is 1. The number of benzene rings is 1. The van der Waals surface area contributed by atoms with Gasteiger partial charge >= 0.3 is 11.8 Å². The van der Waals surface area contributed by atoms with Crippen LogP contribution in [0.15, 0.2) is 30.3 Å². The normalized spacial score (nSPS) is 18.0. The Morgan fingerprint density at radius 1 is 0.926 bits per heavy atom. The maximum atomic E-state index is 12.5.